The number of ether oxygens (including phenoxy) is 1. The van der Waals surface area contributed by atoms with Crippen molar-refractivity contribution < 1.29 is 14.6 Å². The molecule has 3 rings (SSSR count). The first-order chi connectivity index (χ1) is 11.1. The molecular weight excluding hydrogens is 288 g/mol. The third kappa shape index (κ3) is 3.65. The molecule has 0 aromatic rings. The van der Waals surface area contributed by atoms with Crippen LogP contribution in [0.25, 0.3) is 0 Å². The highest BCUT2D eigenvalue weighted by Crippen LogP contribution is 2.59. The summed E-state index contributed by atoms with van der Waals surface area (Å²) in [4.78, 5) is 10.8. The van der Waals surface area contributed by atoms with Crippen LogP contribution in [-0.4, -0.2) is 23.3 Å². The number of aliphatic carboxylic acids is 1. The fraction of sp³-hybridized carbons (Fsp3) is 0.850. The third-order valence-electron chi connectivity index (χ3n) is 6.75. The maximum Gasteiger partial charge on any atom is 0.330 e. The number of unbranched alkanes of at least 4 members (excludes halogenated alkanes) is 1. The quantitative estimate of drug-likeness (QED) is 0.490. The maximum absolute atomic E-state index is 10.8. The fourth-order valence-corrected chi connectivity index (χ4v) is 5.59. The fourth-order valence-electron chi connectivity index (χ4n) is 5.59. The van der Waals surface area contributed by atoms with Gasteiger partial charge in [0.05, 0.1) is 12.2 Å². The molecule has 3 heteroatoms. The van der Waals surface area contributed by atoms with Crippen molar-refractivity contribution in [2.75, 3.05) is 0 Å². The molecule has 23 heavy (non-hydrogen) atoms. The lowest BCUT2D eigenvalue weighted by Crippen LogP contribution is -2.33. The molecule has 0 radical (unpaired) electrons. The number of carboxylic acid groups (broad SMARTS) is 1. The van der Waals surface area contributed by atoms with E-state index in [1.165, 1.54) is 32.1 Å². The molecule has 0 aliphatic heterocycles. The van der Waals surface area contributed by atoms with Gasteiger partial charge in [-0.05, 0) is 75.0 Å². The monoisotopic (exact) mass is 320 g/mol. The SMILES string of the molecule is C=C(CCCCC(CC)OC1CC2CC1C1CCCC21)C(=O)O. The number of carbonyl (C=O) groups is 1. The van der Waals surface area contributed by atoms with Crippen LogP contribution in [0.5, 0.6) is 0 Å². The molecule has 0 aromatic heterocycles. The van der Waals surface area contributed by atoms with Gasteiger partial charge in [0, 0.05) is 5.57 Å². The zero-order valence-corrected chi connectivity index (χ0v) is 14.5. The summed E-state index contributed by atoms with van der Waals surface area (Å²) >= 11 is 0. The van der Waals surface area contributed by atoms with Gasteiger partial charge in [0.2, 0.25) is 0 Å². The molecule has 0 aromatic carbocycles. The van der Waals surface area contributed by atoms with E-state index >= 15 is 0 Å². The molecule has 0 spiro atoms. The lowest BCUT2D eigenvalue weighted by atomic mass is 9.80. The number of fused-ring (bicyclic) bond motifs is 5. The number of carboxylic acids is 1. The second-order valence-corrected chi connectivity index (χ2v) is 8.01. The van der Waals surface area contributed by atoms with Gasteiger partial charge in [0.1, 0.15) is 0 Å². The van der Waals surface area contributed by atoms with Crippen molar-refractivity contribution >= 4 is 5.97 Å². The first kappa shape index (κ1) is 17.0. The minimum absolute atomic E-state index is 0.333. The highest BCUT2D eigenvalue weighted by Gasteiger charge is 2.54. The molecular formula is C20H32O3. The maximum atomic E-state index is 10.8. The van der Waals surface area contributed by atoms with Crippen molar-refractivity contribution in [3.05, 3.63) is 12.2 Å². The van der Waals surface area contributed by atoms with Crippen LogP contribution in [0.15, 0.2) is 12.2 Å². The van der Waals surface area contributed by atoms with Crippen molar-refractivity contribution in [2.24, 2.45) is 23.7 Å². The highest BCUT2D eigenvalue weighted by molar-refractivity contribution is 5.85. The van der Waals surface area contributed by atoms with Crippen LogP contribution < -0.4 is 0 Å². The molecule has 3 aliphatic rings. The predicted octanol–water partition coefficient (Wildman–Crippen LogP) is 4.81. The van der Waals surface area contributed by atoms with Gasteiger partial charge in [-0.3, -0.25) is 0 Å². The normalized spacial score (nSPS) is 36.1. The van der Waals surface area contributed by atoms with Gasteiger partial charge < -0.3 is 9.84 Å². The summed E-state index contributed by atoms with van der Waals surface area (Å²) in [7, 11) is 0. The minimum atomic E-state index is -0.860. The largest absolute Gasteiger partial charge is 0.478 e. The molecule has 6 atom stereocenters. The van der Waals surface area contributed by atoms with Crippen molar-refractivity contribution in [1.82, 2.24) is 0 Å². The Balaban J connectivity index is 1.40. The minimum Gasteiger partial charge on any atom is -0.478 e. The van der Waals surface area contributed by atoms with Gasteiger partial charge in [-0.2, -0.15) is 0 Å². The summed E-state index contributed by atoms with van der Waals surface area (Å²) in [6, 6.07) is 0. The second-order valence-electron chi connectivity index (χ2n) is 8.01. The zero-order valence-electron chi connectivity index (χ0n) is 14.5. The molecule has 1 N–H and O–H groups in total. The Kier molecular flexibility index (Phi) is 5.45. The smallest absolute Gasteiger partial charge is 0.330 e. The molecule has 130 valence electrons. The third-order valence-corrected chi connectivity index (χ3v) is 6.75. The van der Waals surface area contributed by atoms with E-state index in [2.05, 4.69) is 13.5 Å². The molecule has 3 saturated carbocycles. The van der Waals surface area contributed by atoms with Gasteiger partial charge >= 0.3 is 5.97 Å². The van der Waals surface area contributed by atoms with Gasteiger partial charge in [-0.15, -0.1) is 0 Å². The summed E-state index contributed by atoms with van der Waals surface area (Å²) in [5.74, 6) is 2.93. The molecule has 0 heterocycles. The van der Waals surface area contributed by atoms with E-state index in [0.29, 0.717) is 24.2 Å². The molecule has 3 fully saturated rings. The lowest BCUT2D eigenvalue weighted by Gasteiger charge is -2.34. The van der Waals surface area contributed by atoms with E-state index in [-0.39, 0.29) is 0 Å². The molecule has 6 unspecified atom stereocenters. The summed E-state index contributed by atoms with van der Waals surface area (Å²) < 4.78 is 6.52. The van der Waals surface area contributed by atoms with Crippen LogP contribution in [0.1, 0.15) is 71.1 Å². The standard InChI is InChI=1S/C20H32O3/c1-3-15(8-5-4-7-13(2)20(21)22)23-19-12-14-11-18(19)17-10-6-9-16(14)17/h14-19H,2-12H2,1H3,(H,21,22). The second kappa shape index (κ2) is 7.38. The Morgan fingerprint density at radius 3 is 2.74 bits per heavy atom. The lowest BCUT2D eigenvalue weighted by molar-refractivity contribution is -0.132. The van der Waals surface area contributed by atoms with Crippen LogP contribution in [0, 0.1) is 23.7 Å². The van der Waals surface area contributed by atoms with Crippen molar-refractivity contribution in [2.45, 2.75) is 83.3 Å². The first-order valence-corrected chi connectivity index (χ1v) is 9.66. The Morgan fingerprint density at radius 1 is 1.22 bits per heavy atom. The Bertz CT molecular complexity index is 444. The van der Waals surface area contributed by atoms with E-state index in [1.54, 1.807) is 0 Å². The van der Waals surface area contributed by atoms with E-state index in [0.717, 1.165) is 49.4 Å². The van der Waals surface area contributed by atoms with Crippen LogP contribution in [0.2, 0.25) is 0 Å². The Hall–Kier alpha value is -0.830. The van der Waals surface area contributed by atoms with E-state index in [9.17, 15) is 4.79 Å². The number of hydrogen-bond acceptors (Lipinski definition) is 2. The van der Waals surface area contributed by atoms with Crippen LogP contribution in [0.3, 0.4) is 0 Å². The molecule has 0 saturated heterocycles. The van der Waals surface area contributed by atoms with Gasteiger partial charge in [0.25, 0.3) is 0 Å². The van der Waals surface area contributed by atoms with E-state index in [1.807, 2.05) is 0 Å². The molecule has 2 bridgehead atoms. The van der Waals surface area contributed by atoms with Crippen LogP contribution >= 0.6 is 0 Å². The molecule has 0 amide bonds. The van der Waals surface area contributed by atoms with Crippen LogP contribution in [0.4, 0.5) is 0 Å². The van der Waals surface area contributed by atoms with Crippen molar-refractivity contribution in [3.63, 3.8) is 0 Å². The molecule has 3 aliphatic carbocycles. The molecule has 3 nitrogen and oxygen atoms in total. The van der Waals surface area contributed by atoms with Crippen molar-refractivity contribution in [1.29, 1.82) is 0 Å². The summed E-state index contributed by atoms with van der Waals surface area (Å²) in [6.07, 6.45) is 12.6. The van der Waals surface area contributed by atoms with Crippen molar-refractivity contribution in [3.8, 4) is 0 Å². The number of hydrogen-bond donors (Lipinski definition) is 1. The first-order valence-electron chi connectivity index (χ1n) is 9.66. The average Bonchev–Trinajstić information content (AvgIpc) is 3.21. The predicted molar refractivity (Wildman–Crippen MR) is 91.2 cm³/mol. The Morgan fingerprint density at radius 2 is 2.00 bits per heavy atom. The van der Waals surface area contributed by atoms with E-state index < -0.39 is 5.97 Å². The van der Waals surface area contributed by atoms with Crippen LogP contribution in [-0.2, 0) is 9.53 Å². The summed E-state index contributed by atoms with van der Waals surface area (Å²) in [5.41, 5.74) is 0.333. The average molecular weight is 320 g/mol. The summed E-state index contributed by atoms with van der Waals surface area (Å²) in [6.45, 7) is 5.81. The van der Waals surface area contributed by atoms with Gasteiger partial charge in [0.15, 0.2) is 0 Å². The van der Waals surface area contributed by atoms with Gasteiger partial charge in [-0.1, -0.05) is 26.3 Å². The zero-order chi connectivity index (χ0) is 16.4. The van der Waals surface area contributed by atoms with E-state index in [4.69, 9.17) is 9.84 Å². The van der Waals surface area contributed by atoms with Gasteiger partial charge in [-0.25, -0.2) is 4.79 Å². The topological polar surface area (TPSA) is 46.5 Å². The Labute approximate surface area is 140 Å². The summed E-state index contributed by atoms with van der Waals surface area (Å²) in [5, 5.41) is 8.84. The number of rotatable bonds is 9. The highest BCUT2D eigenvalue weighted by atomic mass is 16.5.